The first-order valence-electron chi connectivity index (χ1n) is 11.9. The molecule has 1 aromatic carbocycles. The topological polar surface area (TPSA) is 88.1 Å². The zero-order valence-electron chi connectivity index (χ0n) is 22.5. The van der Waals surface area contributed by atoms with Gasteiger partial charge in [-0.3, -0.25) is 14.4 Å². The van der Waals surface area contributed by atoms with Crippen molar-refractivity contribution >= 4 is 29.7 Å². The first kappa shape index (κ1) is 29.2. The lowest BCUT2D eigenvalue weighted by atomic mass is 9.94. The molecule has 0 amide bonds. The van der Waals surface area contributed by atoms with Crippen LogP contribution in [0.4, 0.5) is 0 Å². The fourth-order valence-corrected chi connectivity index (χ4v) is 4.18. The van der Waals surface area contributed by atoms with E-state index in [1.807, 2.05) is 30.3 Å². The first-order valence-corrected chi connectivity index (χ1v) is 12.8. The minimum atomic E-state index is -1.05. The Kier molecular flexibility index (Phi) is 9.09. The van der Waals surface area contributed by atoms with Crippen molar-refractivity contribution in [1.29, 1.82) is 0 Å². The van der Waals surface area contributed by atoms with Crippen LogP contribution >= 0.6 is 11.8 Å². The second kappa shape index (κ2) is 10.9. The Morgan fingerprint density at radius 3 is 1.51 bits per heavy atom. The number of carbonyl (C=O) groups excluding carboxylic acids is 3. The van der Waals surface area contributed by atoms with Gasteiger partial charge < -0.3 is 18.9 Å². The van der Waals surface area contributed by atoms with Crippen molar-refractivity contribution in [3.05, 3.63) is 30.3 Å². The Morgan fingerprint density at radius 2 is 1.09 bits per heavy atom. The second-order valence-corrected chi connectivity index (χ2v) is 13.2. The third-order valence-electron chi connectivity index (χ3n) is 5.29. The van der Waals surface area contributed by atoms with Crippen molar-refractivity contribution < 1.29 is 33.3 Å². The summed E-state index contributed by atoms with van der Waals surface area (Å²) in [6, 6.07) is 9.54. The maximum Gasteiger partial charge on any atom is 0.311 e. The molecule has 1 aliphatic rings. The van der Waals surface area contributed by atoms with E-state index >= 15 is 0 Å². The van der Waals surface area contributed by atoms with Crippen LogP contribution in [0.1, 0.15) is 69.2 Å². The highest BCUT2D eigenvalue weighted by atomic mass is 32.2. The molecular weight excluding hydrogens is 468 g/mol. The van der Waals surface area contributed by atoms with Crippen LogP contribution in [-0.2, 0) is 33.3 Å². The fraction of sp³-hybridized carbons (Fsp3) is 0.667. The van der Waals surface area contributed by atoms with E-state index < -0.39 is 64.0 Å². The number of hydrogen-bond donors (Lipinski definition) is 0. The molecule has 196 valence electrons. The second-order valence-electron chi connectivity index (χ2n) is 12.0. The van der Waals surface area contributed by atoms with E-state index in [0.29, 0.717) is 0 Å². The van der Waals surface area contributed by atoms with Crippen molar-refractivity contribution in [2.45, 2.75) is 104 Å². The monoisotopic (exact) mass is 508 g/mol. The highest BCUT2D eigenvalue weighted by Crippen LogP contribution is 2.39. The molecule has 0 N–H and O–H groups in total. The van der Waals surface area contributed by atoms with Gasteiger partial charge in [-0.25, -0.2) is 0 Å². The summed E-state index contributed by atoms with van der Waals surface area (Å²) in [4.78, 5) is 39.7. The number of esters is 3. The summed E-state index contributed by atoms with van der Waals surface area (Å²) in [6.07, 6.45) is -3.64. The quantitative estimate of drug-likeness (QED) is 0.386. The molecule has 1 aromatic rings. The van der Waals surface area contributed by atoms with Crippen LogP contribution < -0.4 is 0 Å². The zero-order valence-corrected chi connectivity index (χ0v) is 23.4. The zero-order chi connectivity index (χ0) is 26.8. The SMILES string of the molecule is C[C@@H]1OC(Sc2ccccc2)[C@@H](OC(=O)C(C)(C)C)[C@H](OC(=O)C(C)(C)C)[C@@H]1OC(=O)C(C)(C)C. The number of carbonyl (C=O) groups is 3. The summed E-state index contributed by atoms with van der Waals surface area (Å²) in [5, 5.41) is 0. The molecule has 35 heavy (non-hydrogen) atoms. The van der Waals surface area contributed by atoms with Crippen molar-refractivity contribution in [2.75, 3.05) is 0 Å². The summed E-state index contributed by atoms with van der Waals surface area (Å²) in [5.74, 6) is -1.43. The van der Waals surface area contributed by atoms with Crippen LogP contribution in [0.3, 0.4) is 0 Å². The van der Waals surface area contributed by atoms with Gasteiger partial charge in [0, 0.05) is 4.90 Å². The molecule has 8 heteroatoms. The highest BCUT2D eigenvalue weighted by molar-refractivity contribution is 7.99. The van der Waals surface area contributed by atoms with Gasteiger partial charge in [-0.15, -0.1) is 0 Å². The Morgan fingerprint density at radius 1 is 0.686 bits per heavy atom. The molecule has 1 unspecified atom stereocenters. The molecule has 1 saturated heterocycles. The van der Waals surface area contributed by atoms with Gasteiger partial charge >= 0.3 is 17.9 Å². The van der Waals surface area contributed by atoms with E-state index in [1.165, 1.54) is 11.8 Å². The molecule has 5 atom stereocenters. The smallest absolute Gasteiger partial charge is 0.311 e. The molecule has 0 aromatic heterocycles. The van der Waals surface area contributed by atoms with E-state index in [1.54, 1.807) is 69.2 Å². The van der Waals surface area contributed by atoms with Gasteiger partial charge in [0.25, 0.3) is 0 Å². The van der Waals surface area contributed by atoms with Gasteiger partial charge in [0.15, 0.2) is 18.3 Å². The van der Waals surface area contributed by atoms with Crippen molar-refractivity contribution in [1.82, 2.24) is 0 Å². The number of benzene rings is 1. The van der Waals surface area contributed by atoms with Crippen LogP contribution in [0.2, 0.25) is 0 Å². The minimum Gasteiger partial charge on any atom is -0.455 e. The molecule has 1 aliphatic heterocycles. The lowest BCUT2D eigenvalue weighted by Gasteiger charge is -2.45. The van der Waals surface area contributed by atoms with Gasteiger partial charge in [0.05, 0.1) is 22.3 Å². The van der Waals surface area contributed by atoms with Crippen molar-refractivity contribution in [3.63, 3.8) is 0 Å². The molecule has 0 saturated carbocycles. The van der Waals surface area contributed by atoms with Crippen molar-refractivity contribution in [2.24, 2.45) is 16.2 Å². The standard InChI is InChI=1S/C27H40O7S/c1-16-18(32-22(28)25(2,3)4)19(33-23(29)26(5,6)7)20(34-24(30)27(8,9)10)21(31-16)35-17-14-12-11-13-15-17/h11-16,18-21H,1-10H3/t16-,18+,19+,20-,21?/m0/s1. The predicted molar refractivity (Wildman–Crippen MR) is 135 cm³/mol. The van der Waals surface area contributed by atoms with Gasteiger partial charge in [0.2, 0.25) is 0 Å². The predicted octanol–water partition coefficient (Wildman–Crippen LogP) is 5.40. The average molecular weight is 509 g/mol. The summed E-state index contributed by atoms with van der Waals surface area (Å²) in [5.41, 5.74) is -3.10. The molecule has 1 heterocycles. The van der Waals surface area contributed by atoms with E-state index in [-0.39, 0.29) is 0 Å². The minimum absolute atomic E-state index is 0.468. The number of ether oxygens (including phenoxy) is 4. The summed E-state index contributed by atoms with van der Waals surface area (Å²) < 4.78 is 24.0. The maximum atomic E-state index is 13.0. The van der Waals surface area contributed by atoms with Gasteiger partial charge in [-0.05, 0) is 81.4 Å². The molecule has 0 aliphatic carbocycles. The normalized spacial score (nSPS) is 25.5. The maximum absolute atomic E-state index is 13.0. The summed E-state index contributed by atoms with van der Waals surface area (Å²) >= 11 is 1.36. The first-order chi connectivity index (χ1) is 15.9. The Bertz CT molecular complexity index is 893. The van der Waals surface area contributed by atoms with E-state index in [2.05, 4.69) is 0 Å². The third kappa shape index (κ3) is 7.97. The lowest BCUT2D eigenvalue weighted by Crippen LogP contribution is -2.61. The Balaban J connectivity index is 2.53. The lowest BCUT2D eigenvalue weighted by molar-refractivity contribution is -0.238. The van der Waals surface area contributed by atoms with Crippen LogP contribution in [0.15, 0.2) is 35.2 Å². The molecule has 7 nitrogen and oxygen atoms in total. The third-order valence-corrected chi connectivity index (χ3v) is 6.45. The van der Waals surface area contributed by atoms with Crippen LogP contribution in [-0.4, -0.2) is 47.8 Å². The fourth-order valence-electron chi connectivity index (χ4n) is 3.02. The number of thioether (sulfide) groups is 1. The van der Waals surface area contributed by atoms with E-state index in [0.717, 1.165) is 4.90 Å². The molecule has 1 fully saturated rings. The summed E-state index contributed by atoms with van der Waals surface area (Å²) in [7, 11) is 0. The largest absolute Gasteiger partial charge is 0.455 e. The van der Waals surface area contributed by atoms with Gasteiger partial charge in [0.1, 0.15) is 5.44 Å². The Hall–Kier alpha value is -2.06. The van der Waals surface area contributed by atoms with Crippen LogP contribution in [0.5, 0.6) is 0 Å². The van der Waals surface area contributed by atoms with Crippen LogP contribution in [0.25, 0.3) is 0 Å². The molecule has 0 spiro atoms. The number of hydrogen-bond acceptors (Lipinski definition) is 8. The van der Waals surface area contributed by atoms with E-state index in [9.17, 15) is 14.4 Å². The molecule has 0 radical (unpaired) electrons. The van der Waals surface area contributed by atoms with Gasteiger partial charge in [-0.2, -0.15) is 0 Å². The molecule has 0 bridgehead atoms. The van der Waals surface area contributed by atoms with Crippen molar-refractivity contribution in [3.8, 4) is 0 Å². The molecule has 2 rings (SSSR count). The van der Waals surface area contributed by atoms with Crippen LogP contribution in [0, 0.1) is 16.2 Å². The summed E-state index contributed by atoms with van der Waals surface area (Å²) in [6.45, 7) is 17.4. The molecular formula is C27H40O7S. The highest BCUT2D eigenvalue weighted by Gasteiger charge is 2.53. The van der Waals surface area contributed by atoms with E-state index in [4.69, 9.17) is 18.9 Å². The average Bonchev–Trinajstić information content (AvgIpc) is 2.71. The van der Waals surface area contributed by atoms with Gasteiger partial charge in [-0.1, -0.05) is 30.0 Å². The Labute approximate surface area is 213 Å². The number of rotatable bonds is 5.